The molecule has 0 amide bonds. The summed E-state index contributed by atoms with van der Waals surface area (Å²) in [6.07, 6.45) is 0. The Morgan fingerprint density at radius 3 is 1.80 bits per heavy atom. The van der Waals surface area contributed by atoms with Crippen molar-refractivity contribution < 1.29 is 8.83 Å². The average Bonchev–Trinajstić information content (AvgIpc) is 3.78. The first-order valence-electron chi connectivity index (χ1n) is 17.1. The van der Waals surface area contributed by atoms with Crippen LogP contribution in [0.15, 0.2) is 191 Å². The molecule has 0 saturated carbocycles. The number of rotatable bonds is 6. The van der Waals surface area contributed by atoms with Crippen LogP contribution in [0.25, 0.3) is 77.5 Å². The van der Waals surface area contributed by atoms with E-state index in [4.69, 9.17) is 13.8 Å². The third-order valence-electron chi connectivity index (χ3n) is 9.66. The quantitative estimate of drug-likeness (QED) is 0.179. The van der Waals surface area contributed by atoms with Gasteiger partial charge in [-0.25, -0.2) is 4.98 Å². The summed E-state index contributed by atoms with van der Waals surface area (Å²) in [7, 11) is 0. The fourth-order valence-electron chi connectivity index (χ4n) is 7.10. The highest BCUT2D eigenvalue weighted by Gasteiger charge is 2.18. The normalized spacial score (nSPS) is 11.5. The molecule has 0 bridgehead atoms. The second-order valence-corrected chi connectivity index (χ2v) is 12.8. The van der Waals surface area contributed by atoms with Gasteiger partial charge in [-0.05, 0) is 99.8 Å². The fourth-order valence-corrected chi connectivity index (χ4v) is 7.10. The smallest absolute Gasteiger partial charge is 0.227 e. The Morgan fingerprint density at radius 2 is 0.980 bits per heavy atom. The molecule has 51 heavy (non-hydrogen) atoms. The van der Waals surface area contributed by atoms with E-state index < -0.39 is 0 Å². The Kier molecular flexibility index (Phi) is 6.78. The summed E-state index contributed by atoms with van der Waals surface area (Å²) in [5, 5.41) is 4.47. The third kappa shape index (κ3) is 5.22. The van der Waals surface area contributed by atoms with Crippen molar-refractivity contribution in [3.05, 3.63) is 182 Å². The van der Waals surface area contributed by atoms with Gasteiger partial charge in [-0.1, -0.05) is 109 Å². The Bertz CT molecular complexity index is 2850. The van der Waals surface area contributed by atoms with E-state index >= 15 is 0 Å². The van der Waals surface area contributed by atoms with Crippen LogP contribution >= 0.6 is 0 Å². The van der Waals surface area contributed by atoms with Gasteiger partial charge in [-0.15, -0.1) is 0 Å². The minimum absolute atomic E-state index is 0.597. The lowest BCUT2D eigenvalue weighted by molar-refractivity contribution is 0.620. The first-order chi connectivity index (χ1) is 25.2. The van der Waals surface area contributed by atoms with Gasteiger partial charge in [0.2, 0.25) is 5.89 Å². The van der Waals surface area contributed by atoms with Crippen molar-refractivity contribution in [3.8, 4) is 33.7 Å². The Labute approximate surface area is 294 Å². The number of benzene rings is 8. The summed E-state index contributed by atoms with van der Waals surface area (Å²) < 4.78 is 12.7. The molecule has 0 radical (unpaired) electrons. The summed E-state index contributed by atoms with van der Waals surface area (Å²) >= 11 is 0. The van der Waals surface area contributed by atoms with Gasteiger partial charge in [0.05, 0.1) is 0 Å². The number of hydrogen-bond acceptors (Lipinski definition) is 4. The second kappa shape index (κ2) is 11.9. The maximum absolute atomic E-state index is 6.39. The molecule has 8 aromatic carbocycles. The zero-order chi connectivity index (χ0) is 33.7. The van der Waals surface area contributed by atoms with Crippen molar-refractivity contribution in [1.29, 1.82) is 0 Å². The largest absolute Gasteiger partial charge is 0.456 e. The van der Waals surface area contributed by atoms with Gasteiger partial charge in [0.15, 0.2) is 5.58 Å². The van der Waals surface area contributed by atoms with Gasteiger partial charge < -0.3 is 13.7 Å². The molecule has 0 saturated heterocycles. The van der Waals surface area contributed by atoms with Gasteiger partial charge in [-0.3, -0.25) is 0 Å². The summed E-state index contributed by atoms with van der Waals surface area (Å²) in [4.78, 5) is 7.09. The topological polar surface area (TPSA) is 42.4 Å². The van der Waals surface area contributed by atoms with Crippen molar-refractivity contribution in [1.82, 2.24) is 4.98 Å². The highest BCUT2D eigenvalue weighted by molar-refractivity contribution is 6.10. The number of anilines is 3. The average molecular weight is 655 g/mol. The summed E-state index contributed by atoms with van der Waals surface area (Å²) in [5.41, 5.74) is 11.9. The van der Waals surface area contributed by atoms with Crippen LogP contribution in [-0.2, 0) is 0 Å². The molecule has 0 aliphatic heterocycles. The van der Waals surface area contributed by atoms with Gasteiger partial charge in [0, 0.05) is 39.5 Å². The summed E-state index contributed by atoms with van der Waals surface area (Å²) in [6.45, 7) is 0. The zero-order valence-electron chi connectivity index (χ0n) is 27.5. The van der Waals surface area contributed by atoms with Crippen LogP contribution in [0.1, 0.15) is 0 Å². The van der Waals surface area contributed by atoms with Crippen molar-refractivity contribution in [2.45, 2.75) is 0 Å². The molecular formula is C47H30N2O2. The molecule has 0 aliphatic carbocycles. The molecular weight excluding hydrogens is 625 g/mol. The number of fused-ring (bicyclic) bond motifs is 5. The van der Waals surface area contributed by atoms with Crippen molar-refractivity contribution >= 4 is 60.9 Å². The lowest BCUT2D eigenvalue weighted by atomic mass is 10.0. The number of aromatic nitrogens is 1. The van der Waals surface area contributed by atoms with Crippen LogP contribution in [0.4, 0.5) is 17.1 Å². The van der Waals surface area contributed by atoms with E-state index in [1.165, 1.54) is 27.5 Å². The predicted molar refractivity (Wildman–Crippen MR) is 210 cm³/mol. The molecule has 10 rings (SSSR count). The molecule has 4 nitrogen and oxygen atoms in total. The van der Waals surface area contributed by atoms with E-state index in [9.17, 15) is 0 Å². The van der Waals surface area contributed by atoms with Crippen LogP contribution in [0.3, 0.4) is 0 Å². The zero-order valence-corrected chi connectivity index (χ0v) is 27.5. The molecule has 2 aromatic heterocycles. The molecule has 0 N–H and O–H groups in total. The molecule has 4 heteroatoms. The molecule has 0 atom stereocenters. The van der Waals surface area contributed by atoms with Crippen LogP contribution in [0.2, 0.25) is 0 Å². The van der Waals surface area contributed by atoms with E-state index in [0.717, 1.165) is 61.2 Å². The third-order valence-corrected chi connectivity index (χ3v) is 9.66. The van der Waals surface area contributed by atoms with E-state index in [0.29, 0.717) is 5.89 Å². The van der Waals surface area contributed by atoms with Crippen LogP contribution in [-0.4, -0.2) is 4.98 Å². The van der Waals surface area contributed by atoms with E-state index in [1.807, 2.05) is 36.4 Å². The van der Waals surface area contributed by atoms with Crippen LogP contribution in [0, 0.1) is 0 Å². The van der Waals surface area contributed by atoms with E-state index in [-0.39, 0.29) is 0 Å². The monoisotopic (exact) mass is 654 g/mol. The van der Waals surface area contributed by atoms with Crippen LogP contribution in [0.5, 0.6) is 0 Å². The number of hydrogen-bond donors (Lipinski definition) is 0. The number of oxazole rings is 1. The molecule has 10 aromatic rings. The Hall–Kier alpha value is -6.91. The van der Waals surface area contributed by atoms with Crippen LogP contribution < -0.4 is 4.90 Å². The molecule has 240 valence electrons. The lowest BCUT2D eigenvalue weighted by Crippen LogP contribution is -2.10. The molecule has 0 unspecified atom stereocenters. The second-order valence-electron chi connectivity index (χ2n) is 12.8. The van der Waals surface area contributed by atoms with E-state index in [1.54, 1.807) is 0 Å². The molecule has 2 heterocycles. The summed E-state index contributed by atoms with van der Waals surface area (Å²) in [6, 6.07) is 63.7. The summed E-state index contributed by atoms with van der Waals surface area (Å²) in [5.74, 6) is 0.597. The maximum Gasteiger partial charge on any atom is 0.227 e. The molecule has 0 spiro atoms. The number of nitrogens with zero attached hydrogens (tertiary/aromatic N) is 2. The first-order valence-corrected chi connectivity index (χ1v) is 17.1. The van der Waals surface area contributed by atoms with Crippen molar-refractivity contribution in [3.63, 3.8) is 0 Å². The maximum atomic E-state index is 6.39. The predicted octanol–water partition coefficient (Wildman–Crippen LogP) is 13.4. The SMILES string of the molecule is c1ccc(-c2cccc(N(c3ccc(-c4ccc5ccccc5c4)cc3)c3ccc4oc5cc6nc(-c7ccccc7)oc6cc5c4c3)c2)cc1. The highest BCUT2D eigenvalue weighted by Crippen LogP contribution is 2.41. The molecule has 0 aliphatic rings. The minimum Gasteiger partial charge on any atom is -0.456 e. The minimum atomic E-state index is 0.597. The lowest BCUT2D eigenvalue weighted by Gasteiger charge is -2.26. The van der Waals surface area contributed by atoms with Crippen molar-refractivity contribution in [2.24, 2.45) is 0 Å². The highest BCUT2D eigenvalue weighted by atomic mass is 16.4. The Morgan fingerprint density at radius 1 is 0.353 bits per heavy atom. The van der Waals surface area contributed by atoms with E-state index in [2.05, 4.69) is 150 Å². The number of furan rings is 1. The first kappa shape index (κ1) is 29.0. The van der Waals surface area contributed by atoms with Gasteiger partial charge >= 0.3 is 0 Å². The Balaban J connectivity index is 1.10. The standard InChI is InChI=1S/C47H30N2O2/c1-3-10-31(11-4-1)36-16-9-17-39(27-36)49(38-22-20-33(21-23-38)37-19-18-32-12-7-8-15-35(32)26-37)40-24-25-44-41(28-40)42-29-46-43(30-45(42)50-44)48-47(51-46)34-13-5-2-6-14-34/h1-30H. The van der Waals surface area contributed by atoms with Gasteiger partial charge in [0.25, 0.3) is 0 Å². The van der Waals surface area contributed by atoms with Gasteiger partial charge in [0.1, 0.15) is 16.7 Å². The fraction of sp³-hybridized carbons (Fsp3) is 0. The van der Waals surface area contributed by atoms with Gasteiger partial charge in [-0.2, -0.15) is 0 Å². The molecule has 0 fully saturated rings. The van der Waals surface area contributed by atoms with Crippen molar-refractivity contribution in [2.75, 3.05) is 4.90 Å².